The van der Waals surface area contributed by atoms with E-state index in [4.69, 9.17) is 9.72 Å². The van der Waals surface area contributed by atoms with Gasteiger partial charge in [-0.3, -0.25) is 14.3 Å². The van der Waals surface area contributed by atoms with Crippen molar-refractivity contribution in [1.82, 2.24) is 14.5 Å². The van der Waals surface area contributed by atoms with Crippen molar-refractivity contribution in [3.8, 4) is 5.69 Å². The minimum Gasteiger partial charge on any atom is -0.379 e. The third-order valence-corrected chi connectivity index (χ3v) is 8.12. The van der Waals surface area contributed by atoms with E-state index in [1.807, 2.05) is 34.9 Å². The molecule has 1 aliphatic carbocycles. The number of morpholine rings is 1. The number of fused-ring (bicyclic) bond motifs is 3. The zero-order valence-electron chi connectivity index (χ0n) is 17.3. The largest absolute Gasteiger partial charge is 0.379 e. The summed E-state index contributed by atoms with van der Waals surface area (Å²) in [7, 11) is 0. The lowest BCUT2D eigenvalue weighted by Crippen LogP contribution is -2.37. The van der Waals surface area contributed by atoms with Crippen LogP contribution in [0.3, 0.4) is 0 Å². The summed E-state index contributed by atoms with van der Waals surface area (Å²) in [6, 6.07) is 9.96. The lowest BCUT2D eigenvalue weighted by atomic mass is 9.89. The van der Waals surface area contributed by atoms with E-state index in [1.54, 1.807) is 23.1 Å². The van der Waals surface area contributed by atoms with Crippen LogP contribution in [-0.4, -0.2) is 53.1 Å². The van der Waals surface area contributed by atoms with Crippen LogP contribution in [0.4, 0.5) is 0 Å². The van der Waals surface area contributed by atoms with Gasteiger partial charge in [0.1, 0.15) is 4.83 Å². The van der Waals surface area contributed by atoms with Crippen molar-refractivity contribution in [2.24, 2.45) is 5.92 Å². The van der Waals surface area contributed by atoms with Crippen molar-refractivity contribution in [2.45, 2.75) is 31.3 Å². The standard InChI is InChI=1S/C23H27N3O2S2/c1-16-7-8-18-19(15-16)30-21-20(18)22(27)26(17-5-3-2-4-6-17)23(24-21)29-14-11-25-9-12-28-13-10-25/h2-6,16H,7-15H2,1H3. The average Bonchev–Trinajstić information content (AvgIpc) is 3.13. The molecule has 7 heteroatoms. The molecule has 1 aliphatic heterocycles. The zero-order valence-corrected chi connectivity index (χ0v) is 18.9. The Balaban J connectivity index is 1.53. The maximum absolute atomic E-state index is 13.7. The van der Waals surface area contributed by atoms with Gasteiger partial charge in [-0.25, -0.2) is 4.98 Å². The Morgan fingerprint density at radius 3 is 2.83 bits per heavy atom. The highest BCUT2D eigenvalue weighted by molar-refractivity contribution is 7.99. The fraction of sp³-hybridized carbons (Fsp3) is 0.478. The highest BCUT2D eigenvalue weighted by Gasteiger charge is 2.25. The number of rotatable bonds is 5. The Morgan fingerprint density at radius 2 is 2.03 bits per heavy atom. The normalized spacial score (nSPS) is 19.8. The van der Waals surface area contributed by atoms with Crippen molar-refractivity contribution in [3.63, 3.8) is 0 Å². The number of nitrogens with zero attached hydrogens (tertiary/aromatic N) is 3. The van der Waals surface area contributed by atoms with E-state index >= 15 is 0 Å². The van der Waals surface area contributed by atoms with Crippen LogP contribution in [0.1, 0.15) is 23.8 Å². The zero-order chi connectivity index (χ0) is 20.5. The number of thiophene rings is 1. The third-order valence-electron chi connectivity index (χ3n) is 6.06. The molecule has 3 aromatic rings. The molecule has 0 N–H and O–H groups in total. The SMILES string of the molecule is CC1CCc2c(sc3nc(SCCN4CCOCC4)n(-c4ccccc4)c(=O)c23)C1. The molecule has 1 saturated heterocycles. The van der Waals surface area contributed by atoms with Gasteiger partial charge in [-0.15, -0.1) is 11.3 Å². The van der Waals surface area contributed by atoms with E-state index in [2.05, 4.69) is 11.8 Å². The Morgan fingerprint density at radius 1 is 1.23 bits per heavy atom. The van der Waals surface area contributed by atoms with Crippen molar-refractivity contribution in [3.05, 3.63) is 51.1 Å². The summed E-state index contributed by atoms with van der Waals surface area (Å²) in [6.07, 6.45) is 3.21. The van der Waals surface area contributed by atoms with Crippen LogP contribution < -0.4 is 5.56 Å². The van der Waals surface area contributed by atoms with Crippen molar-refractivity contribution >= 4 is 33.3 Å². The first-order chi connectivity index (χ1) is 14.7. The van der Waals surface area contributed by atoms with E-state index < -0.39 is 0 Å². The summed E-state index contributed by atoms with van der Waals surface area (Å²) in [5, 5.41) is 1.65. The molecule has 0 bridgehead atoms. The van der Waals surface area contributed by atoms with E-state index in [9.17, 15) is 4.79 Å². The molecular formula is C23H27N3O2S2. The minimum absolute atomic E-state index is 0.0899. The van der Waals surface area contributed by atoms with Gasteiger partial charge < -0.3 is 4.74 Å². The quantitative estimate of drug-likeness (QED) is 0.442. The van der Waals surface area contributed by atoms with E-state index in [0.29, 0.717) is 5.92 Å². The third kappa shape index (κ3) is 3.96. The lowest BCUT2D eigenvalue weighted by molar-refractivity contribution is 0.0410. The Labute approximate surface area is 185 Å². The molecule has 1 fully saturated rings. The van der Waals surface area contributed by atoms with Crippen LogP contribution in [0.25, 0.3) is 15.9 Å². The molecule has 1 aromatic carbocycles. The number of hydrogen-bond donors (Lipinski definition) is 0. The molecule has 0 spiro atoms. The maximum Gasteiger partial charge on any atom is 0.267 e. The van der Waals surface area contributed by atoms with Gasteiger partial charge in [0.05, 0.1) is 24.3 Å². The van der Waals surface area contributed by atoms with Gasteiger partial charge in [-0.05, 0) is 42.9 Å². The predicted octanol–water partition coefficient (Wildman–Crippen LogP) is 4.00. The second kappa shape index (κ2) is 8.83. The number of para-hydroxylation sites is 1. The highest BCUT2D eigenvalue weighted by atomic mass is 32.2. The van der Waals surface area contributed by atoms with Gasteiger partial charge >= 0.3 is 0 Å². The number of thioether (sulfide) groups is 1. The topological polar surface area (TPSA) is 47.4 Å². The fourth-order valence-electron chi connectivity index (χ4n) is 4.36. The van der Waals surface area contributed by atoms with Gasteiger partial charge in [-0.1, -0.05) is 36.9 Å². The van der Waals surface area contributed by atoms with Crippen LogP contribution >= 0.6 is 23.1 Å². The van der Waals surface area contributed by atoms with Gasteiger partial charge in [0.25, 0.3) is 5.56 Å². The predicted molar refractivity (Wildman–Crippen MR) is 124 cm³/mol. The van der Waals surface area contributed by atoms with Gasteiger partial charge in [0, 0.05) is 30.3 Å². The number of ether oxygens (including phenoxy) is 1. The first-order valence-corrected chi connectivity index (χ1v) is 12.6. The molecule has 158 valence electrons. The second-order valence-electron chi connectivity index (χ2n) is 8.20. The molecule has 1 unspecified atom stereocenters. The number of aryl methyl sites for hydroxylation is 1. The Bertz CT molecular complexity index is 1090. The molecule has 1 atom stereocenters. The van der Waals surface area contributed by atoms with Gasteiger partial charge in [0.15, 0.2) is 5.16 Å². The number of aromatic nitrogens is 2. The molecular weight excluding hydrogens is 414 g/mol. The van der Waals surface area contributed by atoms with Crippen molar-refractivity contribution in [2.75, 3.05) is 38.6 Å². The monoisotopic (exact) mass is 441 g/mol. The lowest BCUT2D eigenvalue weighted by Gasteiger charge is -2.26. The van der Waals surface area contributed by atoms with Crippen LogP contribution in [0.5, 0.6) is 0 Å². The van der Waals surface area contributed by atoms with Crippen LogP contribution in [0, 0.1) is 5.92 Å². The molecule has 3 heterocycles. The first kappa shape index (κ1) is 20.2. The number of benzene rings is 1. The molecule has 2 aromatic heterocycles. The minimum atomic E-state index is 0.0899. The van der Waals surface area contributed by atoms with Crippen molar-refractivity contribution in [1.29, 1.82) is 0 Å². The van der Waals surface area contributed by atoms with E-state index in [0.717, 1.165) is 78.9 Å². The molecule has 5 rings (SSSR count). The Kier molecular flexibility index (Phi) is 5.96. The van der Waals surface area contributed by atoms with Crippen LogP contribution in [0.15, 0.2) is 40.3 Å². The average molecular weight is 442 g/mol. The molecule has 2 aliphatic rings. The smallest absolute Gasteiger partial charge is 0.267 e. The fourth-order valence-corrected chi connectivity index (χ4v) is 6.80. The highest BCUT2D eigenvalue weighted by Crippen LogP contribution is 2.37. The Hall–Kier alpha value is -1.67. The van der Waals surface area contributed by atoms with Crippen molar-refractivity contribution < 1.29 is 4.74 Å². The summed E-state index contributed by atoms with van der Waals surface area (Å²) >= 11 is 3.42. The summed E-state index contributed by atoms with van der Waals surface area (Å²) in [5.74, 6) is 1.59. The molecule has 5 nitrogen and oxygen atoms in total. The van der Waals surface area contributed by atoms with Gasteiger partial charge in [-0.2, -0.15) is 0 Å². The summed E-state index contributed by atoms with van der Waals surface area (Å²) in [5.41, 5.74) is 2.24. The summed E-state index contributed by atoms with van der Waals surface area (Å²) in [6.45, 7) is 6.86. The van der Waals surface area contributed by atoms with E-state index in [-0.39, 0.29) is 5.56 Å². The second-order valence-corrected chi connectivity index (χ2v) is 10.4. The van der Waals surface area contributed by atoms with Gasteiger partial charge in [0.2, 0.25) is 0 Å². The first-order valence-electron chi connectivity index (χ1n) is 10.8. The molecule has 0 amide bonds. The van der Waals surface area contributed by atoms with Crippen LogP contribution in [-0.2, 0) is 17.6 Å². The molecule has 30 heavy (non-hydrogen) atoms. The molecule has 0 radical (unpaired) electrons. The summed E-state index contributed by atoms with van der Waals surface area (Å²) in [4.78, 5) is 23.4. The summed E-state index contributed by atoms with van der Waals surface area (Å²) < 4.78 is 7.28. The maximum atomic E-state index is 13.7. The number of hydrogen-bond acceptors (Lipinski definition) is 6. The van der Waals surface area contributed by atoms with E-state index in [1.165, 1.54) is 10.4 Å². The molecule has 0 saturated carbocycles. The van der Waals surface area contributed by atoms with Crippen LogP contribution in [0.2, 0.25) is 0 Å².